The van der Waals surface area contributed by atoms with Gasteiger partial charge in [0.2, 0.25) is 0 Å². The number of hydrogen-bond acceptors (Lipinski definition) is 4. The van der Waals surface area contributed by atoms with Gasteiger partial charge in [0.05, 0.1) is 17.8 Å². The molecule has 0 bridgehead atoms. The largest absolute Gasteiger partial charge is 0.488 e. The number of aromatic nitrogens is 1. The molecule has 0 aliphatic heterocycles. The average molecular weight is 274 g/mol. The summed E-state index contributed by atoms with van der Waals surface area (Å²) in [7, 11) is 1.91. The Morgan fingerprint density at radius 3 is 2.85 bits per heavy atom. The fourth-order valence-corrected chi connectivity index (χ4v) is 2.10. The first-order chi connectivity index (χ1) is 9.74. The smallest absolute Gasteiger partial charge is 0.131 e. The maximum Gasteiger partial charge on any atom is 0.131 e. The van der Waals surface area contributed by atoms with Gasteiger partial charge in [0, 0.05) is 24.6 Å². The normalized spacial score (nSPS) is 12.6. The Hall–Kier alpha value is -1.65. The summed E-state index contributed by atoms with van der Waals surface area (Å²) in [6.45, 7) is 6.02. The van der Waals surface area contributed by atoms with Crippen molar-refractivity contribution in [2.24, 2.45) is 0 Å². The van der Waals surface area contributed by atoms with Gasteiger partial charge in [0.15, 0.2) is 0 Å². The number of nitrogens with zero attached hydrogens (tertiary/aromatic N) is 1. The second kappa shape index (κ2) is 7.22. The molecule has 1 aromatic carbocycles. The topological polar surface area (TPSA) is 43.4 Å². The molecule has 0 saturated heterocycles. The van der Waals surface area contributed by atoms with E-state index < -0.39 is 0 Å². The Balaban J connectivity index is 2.29. The summed E-state index contributed by atoms with van der Waals surface area (Å²) in [4.78, 5) is 4.62. The van der Waals surface area contributed by atoms with Gasteiger partial charge in [-0.25, -0.2) is 0 Å². The molecule has 0 saturated carbocycles. The zero-order valence-corrected chi connectivity index (χ0v) is 12.3. The predicted octanol–water partition coefficient (Wildman–Crippen LogP) is 2.76. The lowest BCUT2D eigenvalue weighted by Crippen LogP contribution is -2.19. The van der Waals surface area contributed by atoms with Crippen LogP contribution in [0.1, 0.15) is 19.5 Å². The third kappa shape index (κ3) is 3.68. The van der Waals surface area contributed by atoms with Crippen molar-refractivity contribution in [3.8, 4) is 5.75 Å². The summed E-state index contributed by atoms with van der Waals surface area (Å²) in [6.07, 6.45) is 0.0168. The Morgan fingerprint density at radius 1 is 1.30 bits per heavy atom. The van der Waals surface area contributed by atoms with Crippen molar-refractivity contribution in [3.05, 3.63) is 36.0 Å². The van der Waals surface area contributed by atoms with Crippen molar-refractivity contribution in [1.82, 2.24) is 10.3 Å². The Labute approximate surface area is 120 Å². The number of pyridine rings is 1. The number of fused-ring (bicyclic) bond motifs is 1. The van der Waals surface area contributed by atoms with Gasteiger partial charge in [-0.1, -0.05) is 12.1 Å². The summed E-state index contributed by atoms with van der Waals surface area (Å²) in [5, 5.41) is 4.16. The van der Waals surface area contributed by atoms with Crippen LogP contribution < -0.4 is 10.1 Å². The summed E-state index contributed by atoms with van der Waals surface area (Å²) in [5.74, 6) is 0.869. The molecule has 1 heterocycles. The van der Waals surface area contributed by atoms with Crippen molar-refractivity contribution in [2.75, 3.05) is 20.3 Å². The van der Waals surface area contributed by atoms with E-state index in [9.17, 15) is 0 Å². The van der Waals surface area contributed by atoms with Gasteiger partial charge in [0.1, 0.15) is 11.9 Å². The van der Waals surface area contributed by atoms with Crippen LogP contribution >= 0.6 is 0 Å². The first kappa shape index (κ1) is 14.8. The SMILES string of the molecule is CCOCC(C)Oc1cc(CNC)nc2ccccc12. The number of hydrogen-bond donors (Lipinski definition) is 1. The van der Waals surface area contributed by atoms with Crippen molar-refractivity contribution in [1.29, 1.82) is 0 Å². The summed E-state index contributed by atoms with van der Waals surface area (Å²) in [5.41, 5.74) is 1.93. The van der Waals surface area contributed by atoms with Crippen LogP contribution in [0.2, 0.25) is 0 Å². The molecule has 0 spiro atoms. The third-order valence-corrected chi connectivity index (χ3v) is 2.97. The fraction of sp³-hybridized carbons (Fsp3) is 0.438. The van der Waals surface area contributed by atoms with Crippen LogP contribution in [0.15, 0.2) is 30.3 Å². The second-order valence-corrected chi connectivity index (χ2v) is 4.75. The molecule has 108 valence electrons. The standard InChI is InChI=1S/C16H22N2O2/c1-4-19-11-12(2)20-16-9-13(10-17-3)18-15-8-6-5-7-14(15)16/h5-9,12,17H,4,10-11H2,1-3H3. The second-order valence-electron chi connectivity index (χ2n) is 4.75. The van der Waals surface area contributed by atoms with Crippen LogP contribution in [0.4, 0.5) is 0 Å². The monoisotopic (exact) mass is 274 g/mol. The van der Waals surface area contributed by atoms with Gasteiger partial charge < -0.3 is 14.8 Å². The van der Waals surface area contributed by atoms with E-state index in [-0.39, 0.29) is 6.10 Å². The molecule has 0 radical (unpaired) electrons. The van der Waals surface area contributed by atoms with Crippen LogP contribution in [0.5, 0.6) is 5.75 Å². The van der Waals surface area contributed by atoms with E-state index in [1.165, 1.54) is 0 Å². The molecule has 20 heavy (non-hydrogen) atoms. The molecule has 0 fully saturated rings. The zero-order chi connectivity index (χ0) is 14.4. The number of nitrogens with one attached hydrogen (secondary N) is 1. The molecule has 2 aromatic rings. The highest BCUT2D eigenvalue weighted by Gasteiger charge is 2.10. The predicted molar refractivity (Wildman–Crippen MR) is 81.1 cm³/mol. The lowest BCUT2D eigenvalue weighted by Gasteiger charge is -2.17. The van der Waals surface area contributed by atoms with E-state index in [2.05, 4.69) is 10.3 Å². The van der Waals surface area contributed by atoms with Crippen molar-refractivity contribution in [2.45, 2.75) is 26.5 Å². The molecular formula is C16H22N2O2. The Kier molecular flexibility index (Phi) is 5.32. The molecule has 1 N–H and O–H groups in total. The lowest BCUT2D eigenvalue weighted by atomic mass is 10.1. The molecule has 0 aliphatic carbocycles. The van der Waals surface area contributed by atoms with Crippen LogP contribution in [0.25, 0.3) is 10.9 Å². The van der Waals surface area contributed by atoms with Crippen LogP contribution in [-0.2, 0) is 11.3 Å². The first-order valence-electron chi connectivity index (χ1n) is 7.02. The van der Waals surface area contributed by atoms with Gasteiger partial charge in [-0.2, -0.15) is 0 Å². The first-order valence-corrected chi connectivity index (χ1v) is 7.02. The highest BCUT2D eigenvalue weighted by atomic mass is 16.5. The molecule has 1 unspecified atom stereocenters. The fourth-order valence-electron chi connectivity index (χ4n) is 2.10. The number of para-hydroxylation sites is 1. The number of ether oxygens (including phenoxy) is 2. The molecule has 2 rings (SSSR count). The average Bonchev–Trinajstić information content (AvgIpc) is 2.45. The molecular weight excluding hydrogens is 252 g/mol. The van der Waals surface area contributed by atoms with E-state index in [0.717, 1.165) is 28.9 Å². The van der Waals surface area contributed by atoms with E-state index in [4.69, 9.17) is 9.47 Å². The minimum absolute atomic E-state index is 0.0168. The maximum atomic E-state index is 6.02. The zero-order valence-electron chi connectivity index (χ0n) is 12.3. The Morgan fingerprint density at radius 2 is 2.10 bits per heavy atom. The summed E-state index contributed by atoms with van der Waals surface area (Å²) in [6, 6.07) is 10.0. The van der Waals surface area contributed by atoms with Crippen molar-refractivity contribution >= 4 is 10.9 Å². The van der Waals surface area contributed by atoms with E-state index in [0.29, 0.717) is 13.2 Å². The quantitative estimate of drug-likeness (QED) is 0.843. The Bertz CT molecular complexity index is 557. The minimum atomic E-state index is 0.0168. The number of benzene rings is 1. The summed E-state index contributed by atoms with van der Waals surface area (Å²) < 4.78 is 11.4. The summed E-state index contributed by atoms with van der Waals surface area (Å²) >= 11 is 0. The van der Waals surface area contributed by atoms with Gasteiger partial charge in [-0.15, -0.1) is 0 Å². The van der Waals surface area contributed by atoms with Crippen molar-refractivity contribution < 1.29 is 9.47 Å². The van der Waals surface area contributed by atoms with Crippen LogP contribution in [0.3, 0.4) is 0 Å². The molecule has 1 atom stereocenters. The maximum absolute atomic E-state index is 6.02. The molecule has 0 aliphatic rings. The van der Waals surface area contributed by atoms with Crippen molar-refractivity contribution in [3.63, 3.8) is 0 Å². The van der Waals surface area contributed by atoms with E-state index >= 15 is 0 Å². The molecule has 1 aromatic heterocycles. The lowest BCUT2D eigenvalue weighted by molar-refractivity contribution is 0.0664. The van der Waals surface area contributed by atoms with E-state index in [1.54, 1.807) is 0 Å². The van der Waals surface area contributed by atoms with Gasteiger partial charge in [-0.3, -0.25) is 4.98 Å². The molecule has 4 nitrogen and oxygen atoms in total. The van der Waals surface area contributed by atoms with Crippen LogP contribution in [-0.4, -0.2) is 31.3 Å². The number of rotatable bonds is 7. The molecule has 4 heteroatoms. The van der Waals surface area contributed by atoms with Crippen LogP contribution in [0, 0.1) is 0 Å². The molecule has 0 amide bonds. The highest BCUT2D eigenvalue weighted by molar-refractivity contribution is 5.85. The van der Waals surface area contributed by atoms with Gasteiger partial charge >= 0.3 is 0 Å². The highest BCUT2D eigenvalue weighted by Crippen LogP contribution is 2.26. The van der Waals surface area contributed by atoms with Gasteiger partial charge in [0.25, 0.3) is 0 Å². The van der Waals surface area contributed by atoms with Gasteiger partial charge in [-0.05, 0) is 33.0 Å². The van der Waals surface area contributed by atoms with E-state index in [1.807, 2.05) is 51.2 Å². The third-order valence-electron chi connectivity index (χ3n) is 2.97. The minimum Gasteiger partial charge on any atom is -0.488 e.